The maximum atomic E-state index is 11.8. The second-order valence-electron chi connectivity index (χ2n) is 5.11. The number of rotatable bonds is 4. The average Bonchev–Trinajstić information content (AvgIpc) is 2.86. The number of aryl methyl sites for hydroxylation is 1. The van der Waals surface area contributed by atoms with E-state index in [-0.39, 0.29) is 11.9 Å². The van der Waals surface area contributed by atoms with Gasteiger partial charge in [0, 0.05) is 42.5 Å². The fourth-order valence-corrected chi connectivity index (χ4v) is 3.33. The van der Waals surface area contributed by atoms with Crippen LogP contribution in [0.15, 0.2) is 12.1 Å². The van der Waals surface area contributed by atoms with Crippen molar-refractivity contribution in [1.82, 2.24) is 9.80 Å². The molecule has 0 aromatic carbocycles. The largest absolute Gasteiger partial charge is 0.339 e. The van der Waals surface area contributed by atoms with Crippen LogP contribution in [-0.4, -0.2) is 47.9 Å². The van der Waals surface area contributed by atoms with Crippen molar-refractivity contribution in [2.75, 3.05) is 26.2 Å². The van der Waals surface area contributed by atoms with E-state index in [4.69, 9.17) is 5.73 Å². The van der Waals surface area contributed by atoms with Gasteiger partial charge in [0.1, 0.15) is 0 Å². The molecule has 0 unspecified atom stereocenters. The summed E-state index contributed by atoms with van der Waals surface area (Å²) < 4.78 is 0. The van der Waals surface area contributed by atoms with Crippen LogP contribution in [-0.2, 0) is 17.8 Å². The number of thiophene rings is 1. The van der Waals surface area contributed by atoms with Crippen molar-refractivity contribution in [2.45, 2.75) is 32.9 Å². The summed E-state index contributed by atoms with van der Waals surface area (Å²) in [4.78, 5) is 18.9. The first-order valence-corrected chi connectivity index (χ1v) is 7.76. The van der Waals surface area contributed by atoms with Crippen LogP contribution in [0.25, 0.3) is 0 Å². The molecule has 1 saturated heterocycles. The van der Waals surface area contributed by atoms with Crippen LogP contribution in [0.1, 0.15) is 23.6 Å². The second-order valence-corrected chi connectivity index (χ2v) is 6.36. The molecule has 106 valence electrons. The lowest BCUT2D eigenvalue weighted by Gasteiger charge is -2.35. The molecular weight excluding hydrogens is 258 g/mol. The maximum Gasteiger partial charge on any atom is 0.239 e. The third-order valence-electron chi connectivity index (χ3n) is 3.52. The summed E-state index contributed by atoms with van der Waals surface area (Å²) in [6, 6.07) is 4.06. The zero-order valence-electron chi connectivity index (χ0n) is 11.8. The lowest BCUT2D eigenvalue weighted by atomic mass is 10.2. The molecule has 1 atom stereocenters. The molecule has 2 rings (SSSR count). The third-order valence-corrected chi connectivity index (χ3v) is 4.73. The molecule has 2 N–H and O–H groups in total. The Kier molecular flexibility index (Phi) is 4.96. The zero-order valence-corrected chi connectivity index (χ0v) is 12.6. The second kappa shape index (κ2) is 6.50. The van der Waals surface area contributed by atoms with Crippen molar-refractivity contribution < 1.29 is 4.79 Å². The highest BCUT2D eigenvalue weighted by Gasteiger charge is 2.23. The number of carbonyl (C=O) groups excluding carboxylic acids is 1. The molecule has 1 amide bonds. The van der Waals surface area contributed by atoms with E-state index in [9.17, 15) is 4.79 Å². The van der Waals surface area contributed by atoms with Gasteiger partial charge in [0.25, 0.3) is 0 Å². The first kappa shape index (κ1) is 14.5. The number of piperazine rings is 1. The fraction of sp³-hybridized carbons (Fsp3) is 0.643. The van der Waals surface area contributed by atoms with Gasteiger partial charge in [-0.05, 0) is 25.5 Å². The van der Waals surface area contributed by atoms with E-state index in [1.807, 2.05) is 16.2 Å². The molecule has 1 aliphatic heterocycles. The highest BCUT2D eigenvalue weighted by Crippen LogP contribution is 2.19. The first-order chi connectivity index (χ1) is 9.10. The number of hydrogen-bond donors (Lipinski definition) is 1. The van der Waals surface area contributed by atoms with Crippen LogP contribution >= 0.6 is 11.3 Å². The highest BCUT2D eigenvalue weighted by atomic mass is 32.1. The van der Waals surface area contributed by atoms with E-state index in [0.717, 1.165) is 39.1 Å². The Labute approximate surface area is 119 Å². The quantitative estimate of drug-likeness (QED) is 0.905. The molecule has 19 heavy (non-hydrogen) atoms. The number of nitrogens with zero attached hydrogens (tertiary/aromatic N) is 2. The molecule has 0 radical (unpaired) electrons. The Balaban J connectivity index is 1.81. The summed E-state index contributed by atoms with van der Waals surface area (Å²) in [7, 11) is 0. The zero-order chi connectivity index (χ0) is 13.8. The Bertz CT molecular complexity index is 422. The molecule has 1 aromatic rings. The third kappa shape index (κ3) is 3.78. The van der Waals surface area contributed by atoms with Crippen molar-refractivity contribution in [3.8, 4) is 0 Å². The number of amides is 1. The van der Waals surface area contributed by atoms with Crippen molar-refractivity contribution in [3.63, 3.8) is 0 Å². The highest BCUT2D eigenvalue weighted by molar-refractivity contribution is 7.11. The fourth-order valence-electron chi connectivity index (χ4n) is 2.33. The number of carbonyl (C=O) groups is 1. The molecule has 0 spiro atoms. The van der Waals surface area contributed by atoms with Crippen molar-refractivity contribution in [1.29, 1.82) is 0 Å². The van der Waals surface area contributed by atoms with Crippen LogP contribution in [0.4, 0.5) is 0 Å². The molecular formula is C14H23N3OS. The lowest BCUT2D eigenvalue weighted by Crippen LogP contribution is -2.52. The van der Waals surface area contributed by atoms with Gasteiger partial charge in [0.15, 0.2) is 0 Å². The minimum atomic E-state index is -0.379. The van der Waals surface area contributed by atoms with Gasteiger partial charge in [-0.3, -0.25) is 9.69 Å². The van der Waals surface area contributed by atoms with Gasteiger partial charge < -0.3 is 10.6 Å². The standard InChI is InChI=1S/C14H23N3OS/c1-3-12-4-5-13(19-12)10-16-6-8-17(9-7-16)14(18)11(2)15/h4-5,11H,3,6-10,15H2,1-2H3/t11-/m1/s1. The average molecular weight is 281 g/mol. The van der Waals surface area contributed by atoms with E-state index >= 15 is 0 Å². The Morgan fingerprint density at radius 2 is 1.95 bits per heavy atom. The molecule has 2 heterocycles. The van der Waals surface area contributed by atoms with E-state index in [2.05, 4.69) is 24.0 Å². The van der Waals surface area contributed by atoms with Gasteiger partial charge >= 0.3 is 0 Å². The van der Waals surface area contributed by atoms with Gasteiger partial charge in [-0.25, -0.2) is 0 Å². The van der Waals surface area contributed by atoms with E-state index in [0.29, 0.717) is 0 Å². The molecule has 0 saturated carbocycles. The molecule has 0 aliphatic carbocycles. The molecule has 5 heteroatoms. The topological polar surface area (TPSA) is 49.6 Å². The smallest absolute Gasteiger partial charge is 0.239 e. The summed E-state index contributed by atoms with van der Waals surface area (Å²) in [6.45, 7) is 8.43. The van der Waals surface area contributed by atoms with Gasteiger partial charge in [0.05, 0.1) is 6.04 Å². The summed E-state index contributed by atoms with van der Waals surface area (Å²) in [5.74, 6) is 0.0732. The Hall–Kier alpha value is -0.910. The monoisotopic (exact) mass is 281 g/mol. The number of nitrogens with two attached hydrogens (primary N) is 1. The van der Waals surface area contributed by atoms with Crippen LogP contribution in [0.5, 0.6) is 0 Å². The van der Waals surface area contributed by atoms with E-state index < -0.39 is 0 Å². The van der Waals surface area contributed by atoms with Crippen molar-refractivity contribution in [3.05, 3.63) is 21.9 Å². The summed E-state index contributed by atoms with van der Waals surface area (Å²) in [5, 5.41) is 0. The minimum Gasteiger partial charge on any atom is -0.339 e. The summed E-state index contributed by atoms with van der Waals surface area (Å²) in [6.07, 6.45) is 1.11. The van der Waals surface area contributed by atoms with Crippen LogP contribution in [0.3, 0.4) is 0 Å². The van der Waals surface area contributed by atoms with E-state index in [1.54, 1.807) is 6.92 Å². The summed E-state index contributed by atoms with van der Waals surface area (Å²) in [5.41, 5.74) is 5.64. The van der Waals surface area contributed by atoms with Crippen molar-refractivity contribution >= 4 is 17.2 Å². The normalized spacial score (nSPS) is 18.6. The SMILES string of the molecule is CCc1ccc(CN2CCN(C(=O)[C@@H](C)N)CC2)s1. The molecule has 1 aliphatic rings. The van der Waals surface area contributed by atoms with Gasteiger partial charge in [-0.2, -0.15) is 0 Å². The minimum absolute atomic E-state index is 0.0732. The van der Waals surface area contributed by atoms with Gasteiger partial charge in [-0.1, -0.05) is 6.92 Å². The van der Waals surface area contributed by atoms with Gasteiger partial charge in [0.2, 0.25) is 5.91 Å². The van der Waals surface area contributed by atoms with Crippen LogP contribution in [0, 0.1) is 0 Å². The molecule has 4 nitrogen and oxygen atoms in total. The molecule has 0 bridgehead atoms. The lowest BCUT2D eigenvalue weighted by molar-refractivity contribution is -0.134. The molecule has 1 aromatic heterocycles. The first-order valence-electron chi connectivity index (χ1n) is 6.94. The maximum absolute atomic E-state index is 11.8. The van der Waals surface area contributed by atoms with Crippen LogP contribution < -0.4 is 5.73 Å². The Morgan fingerprint density at radius 1 is 1.32 bits per heavy atom. The number of hydrogen-bond acceptors (Lipinski definition) is 4. The van der Waals surface area contributed by atoms with Crippen molar-refractivity contribution in [2.24, 2.45) is 5.73 Å². The predicted octanol–water partition coefficient (Wildman–Crippen LogP) is 1.30. The van der Waals surface area contributed by atoms with Gasteiger partial charge in [-0.15, -0.1) is 11.3 Å². The predicted molar refractivity (Wildman–Crippen MR) is 79.2 cm³/mol. The molecule has 1 fully saturated rings. The van der Waals surface area contributed by atoms with E-state index in [1.165, 1.54) is 9.75 Å². The summed E-state index contributed by atoms with van der Waals surface area (Å²) >= 11 is 1.90. The van der Waals surface area contributed by atoms with Crippen LogP contribution in [0.2, 0.25) is 0 Å². The Morgan fingerprint density at radius 3 is 2.47 bits per heavy atom.